The summed E-state index contributed by atoms with van der Waals surface area (Å²) in [4.78, 5) is 0.292. The van der Waals surface area contributed by atoms with E-state index in [1.807, 2.05) is 0 Å². The molecule has 8 atom stereocenters. The highest BCUT2D eigenvalue weighted by Gasteiger charge is 2.68. The standard InChI is InChI=1S/C22H32BrF/c1-5-16-14(2)12-17-19-18(23)13-15-8-6-7-9-21(15,4)22(19,24)11-10-20(16,17)3/h7-9,14,16-19H,5-6,10-13H2,1-4H3/t14-,16+,17+,18-,19-,20-,21+,22-/m1/s1. The van der Waals surface area contributed by atoms with Crippen LogP contribution in [0.4, 0.5) is 4.39 Å². The largest absolute Gasteiger partial charge is 0.242 e. The lowest BCUT2D eigenvalue weighted by Gasteiger charge is -2.62. The summed E-state index contributed by atoms with van der Waals surface area (Å²) in [5, 5.41) is 0. The van der Waals surface area contributed by atoms with E-state index in [0.29, 0.717) is 16.2 Å². The highest BCUT2D eigenvalue weighted by Crippen LogP contribution is 2.70. The van der Waals surface area contributed by atoms with Gasteiger partial charge in [-0.05, 0) is 62.2 Å². The zero-order valence-corrected chi connectivity index (χ0v) is 17.2. The Balaban J connectivity index is 1.80. The van der Waals surface area contributed by atoms with Crippen molar-refractivity contribution in [2.75, 3.05) is 0 Å². The van der Waals surface area contributed by atoms with Gasteiger partial charge in [-0.15, -0.1) is 0 Å². The van der Waals surface area contributed by atoms with E-state index in [2.05, 4.69) is 61.9 Å². The lowest BCUT2D eigenvalue weighted by Crippen LogP contribution is -2.62. The van der Waals surface area contributed by atoms with E-state index in [1.165, 1.54) is 18.4 Å². The fraction of sp³-hybridized carbons (Fsp3) is 0.818. The van der Waals surface area contributed by atoms with Crippen LogP contribution in [-0.4, -0.2) is 10.5 Å². The predicted molar refractivity (Wildman–Crippen MR) is 103 cm³/mol. The fourth-order valence-corrected chi connectivity index (χ4v) is 8.64. The number of alkyl halides is 2. The molecule has 3 saturated carbocycles. The summed E-state index contributed by atoms with van der Waals surface area (Å²) in [5.74, 6) is 2.17. The molecule has 0 N–H and O–H groups in total. The smallest absolute Gasteiger partial charge is 0.127 e. The molecule has 0 spiro atoms. The number of rotatable bonds is 1. The van der Waals surface area contributed by atoms with E-state index in [4.69, 9.17) is 0 Å². The van der Waals surface area contributed by atoms with Gasteiger partial charge in [-0.25, -0.2) is 4.39 Å². The number of allylic oxidation sites excluding steroid dienone is 4. The molecule has 0 unspecified atom stereocenters. The van der Waals surface area contributed by atoms with Gasteiger partial charge in [-0.2, -0.15) is 0 Å². The van der Waals surface area contributed by atoms with Crippen LogP contribution in [0.3, 0.4) is 0 Å². The van der Waals surface area contributed by atoms with Gasteiger partial charge >= 0.3 is 0 Å². The number of hydrogen-bond donors (Lipinski definition) is 0. The van der Waals surface area contributed by atoms with Crippen LogP contribution in [0.5, 0.6) is 0 Å². The molecule has 0 aromatic rings. The third-order valence-electron chi connectivity index (χ3n) is 8.72. The maximum absolute atomic E-state index is 16.8. The lowest BCUT2D eigenvalue weighted by molar-refractivity contribution is -0.122. The molecule has 0 saturated heterocycles. The maximum atomic E-state index is 16.8. The van der Waals surface area contributed by atoms with Crippen molar-refractivity contribution in [2.24, 2.45) is 34.5 Å². The molecule has 4 aliphatic rings. The molecule has 24 heavy (non-hydrogen) atoms. The van der Waals surface area contributed by atoms with Gasteiger partial charge in [0.2, 0.25) is 0 Å². The Kier molecular flexibility index (Phi) is 3.93. The molecule has 2 heteroatoms. The number of fused-ring (bicyclic) bond motifs is 5. The summed E-state index contributed by atoms with van der Waals surface area (Å²) >= 11 is 3.97. The van der Waals surface area contributed by atoms with Crippen LogP contribution in [0.1, 0.15) is 66.2 Å². The molecule has 0 nitrogen and oxygen atoms in total. The van der Waals surface area contributed by atoms with Gasteiger partial charge in [-0.3, -0.25) is 0 Å². The average Bonchev–Trinajstić information content (AvgIpc) is 2.78. The molecule has 4 aliphatic carbocycles. The normalized spacial score (nSPS) is 56.2. The molecule has 0 heterocycles. The third-order valence-corrected chi connectivity index (χ3v) is 9.62. The van der Waals surface area contributed by atoms with Crippen LogP contribution in [0.15, 0.2) is 23.8 Å². The Morgan fingerprint density at radius 1 is 1.29 bits per heavy atom. The Hall–Kier alpha value is -0.110. The average molecular weight is 395 g/mol. The third kappa shape index (κ3) is 1.96. The minimum atomic E-state index is -1.09. The SMILES string of the molecule is CC[C@H]1[C@H](C)C[C@H]2[C@@H]3[C@H](Br)CC4=CCC=C[C@]4(C)[C@@]3(F)CC[C@@]21C. The van der Waals surface area contributed by atoms with Crippen molar-refractivity contribution < 1.29 is 4.39 Å². The zero-order valence-electron chi connectivity index (χ0n) is 15.6. The van der Waals surface area contributed by atoms with Gasteiger partial charge in [0.05, 0.1) is 0 Å². The Labute approximate surface area is 155 Å². The molecular formula is C22H32BrF. The van der Waals surface area contributed by atoms with Gasteiger partial charge in [0.1, 0.15) is 5.67 Å². The van der Waals surface area contributed by atoms with Crippen LogP contribution in [0, 0.1) is 34.5 Å². The fourth-order valence-electron chi connectivity index (χ4n) is 7.51. The number of halogens is 2. The molecule has 3 fully saturated rings. The molecule has 0 amide bonds. The van der Waals surface area contributed by atoms with E-state index in [0.717, 1.165) is 37.5 Å². The number of hydrogen-bond acceptors (Lipinski definition) is 0. The topological polar surface area (TPSA) is 0 Å². The van der Waals surface area contributed by atoms with E-state index in [1.54, 1.807) is 0 Å². The Bertz CT molecular complexity index is 595. The van der Waals surface area contributed by atoms with Gasteiger partial charge in [0.15, 0.2) is 0 Å². The van der Waals surface area contributed by atoms with E-state index in [-0.39, 0.29) is 11.3 Å². The van der Waals surface area contributed by atoms with Crippen molar-refractivity contribution >= 4 is 15.9 Å². The van der Waals surface area contributed by atoms with Crippen molar-refractivity contribution in [3.05, 3.63) is 23.8 Å². The quantitative estimate of drug-likeness (QED) is 0.336. The van der Waals surface area contributed by atoms with E-state index >= 15 is 4.39 Å². The first kappa shape index (κ1) is 17.3. The van der Waals surface area contributed by atoms with Crippen LogP contribution in [-0.2, 0) is 0 Å². The first-order valence-electron chi connectivity index (χ1n) is 9.98. The van der Waals surface area contributed by atoms with Crippen molar-refractivity contribution in [1.29, 1.82) is 0 Å². The van der Waals surface area contributed by atoms with Crippen LogP contribution < -0.4 is 0 Å². The summed E-state index contributed by atoms with van der Waals surface area (Å²) in [6, 6.07) is 0. The van der Waals surface area contributed by atoms with Crippen molar-refractivity contribution in [2.45, 2.75) is 76.7 Å². The molecule has 134 valence electrons. The second kappa shape index (κ2) is 5.44. The summed E-state index contributed by atoms with van der Waals surface area (Å²) in [7, 11) is 0. The summed E-state index contributed by atoms with van der Waals surface area (Å²) in [5.41, 5.74) is 0.201. The second-order valence-corrected chi connectivity index (χ2v) is 10.7. The molecule has 0 aromatic heterocycles. The van der Waals surface area contributed by atoms with Crippen LogP contribution in [0.25, 0.3) is 0 Å². The second-order valence-electron chi connectivity index (χ2n) is 9.52. The molecule has 0 aromatic carbocycles. The maximum Gasteiger partial charge on any atom is 0.127 e. The first-order valence-corrected chi connectivity index (χ1v) is 10.9. The zero-order chi connectivity index (χ0) is 17.3. The Morgan fingerprint density at radius 3 is 2.75 bits per heavy atom. The van der Waals surface area contributed by atoms with Crippen LogP contribution in [0.2, 0.25) is 0 Å². The monoisotopic (exact) mass is 394 g/mol. The molecule has 0 radical (unpaired) electrons. The van der Waals surface area contributed by atoms with Gasteiger partial charge in [-0.1, -0.05) is 66.9 Å². The van der Waals surface area contributed by atoms with E-state index < -0.39 is 5.67 Å². The Morgan fingerprint density at radius 2 is 2.04 bits per heavy atom. The predicted octanol–water partition coefficient (Wildman–Crippen LogP) is 6.85. The highest BCUT2D eigenvalue weighted by atomic mass is 79.9. The van der Waals surface area contributed by atoms with Crippen molar-refractivity contribution in [3.8, 4) is 0 Å². The molecule has 4 rings (SSSR count). The summed E-state index contributed by atoms with van der Waals surface area (Å²) in [6.07, 6.45) is 12.9. The van der Waals surface area contributed by atoms with Crippen molar-refractivity contribution in [1.82, 2.24) is 0 Å². The van der Waals surface area contributed by atoms with Crippen LogP contribution >= 0.6 is 15.9 Å². The molecular weight excluding hydrogens is 363 g/mol. The minimum Gasteiger partial charge on any atom is -0.242 e. The summed E-state index contributed by atoms with van der Waals surface area (Å²) in [6.45, 7) is 9.42. The summed E-state index contributed by atoms with van der Waals surface area (Å²) < 4.78 is 16.8. The van der Waals surface area contributed by atoms with Crippen molar-refractivity contribution in [3.63, 3.8) is 0 Å². The first-order chi connectivity index (χ1) is 11.3. The van der Waals surface area contributed by atoms with Gasteiger partial charge in [0.25, 0.3) is 0 Å². The van der Waals surface area contributed by atoms with Gasteiger partial charge < -0.3 is 0 Å². The van der Waals surface area contributed by atoms with E-state index in [9.17, 15) is 0 Å². The molecule has 0 aliphatic heterocycles. The minimum absolute atomic E-state index is 0.153. The van der Waals surface area contributed by atoms with Gasteiger partial charge in [0, 0.05) is 16.2 Å². The molecule has 0 bridgehead atoms. The highest BCUT2D eigenvalue weighted by molar-refractivity contribution is 9.09. The lowest BCUT2D eigenvalue weighted by atomic mass is 9.46.